The van der Waals surface area contributed by atoms with Gasteiger partial charge in [0.1, 0.15) is 5.76 Å². The van der Waals surface area contributed by atoms with E-state index >= 15 is 0 Å². The molecular formula is C13H20N2O2. The topological polar surface area (TPSA) is 54.3 Å². The van der Waals surface area contributed by atoms with E-state index in [0.29, 0.717) is 18.3 Å². The molecule has 0 radical (unpaired) electrons. The van der Waals surface area contributed by atoms with Gasteiger partial charge in [-0.15, -0.1) is 0 Å². The SMILES string of the molecule is CCc1ccc(C(=O)NCC2CCCCN2)o1. The highest BCUT2D eigenvalue weighted by atomic mass is 16.3. The summed E-state index contributed by atoms with van der Waals surface area (Å²) in [6.07, 6.45) is 4.44. The first-order valence-electron chi connectivity index (χ1n) is 6.40. The zero-order chi connectivity index (χ0) is 12.1. The third-order valence-electron chi connectivity index (χ3n) is 3.16. The van der Waals surface area contributed by atoms with Crippen molar-refractivity contribution in [2.75, 3.05) is 13.1 Å². The summed E-state index contributed by atoms with van der Waals surface area (Å²) >= 11 is 0. The van der Waals surface area contributed by atoms with E-state index in [2.05, 4.69) is 10.6 Å². The minimum Gasteiger partial charge on any atom is -0.456 e. The molecule has 1 fully saturated rings. The van der Waals surface area contributed by atoms with Gasteiger partial charge in [-0.2, -0.15) is 0 Å². The number of carbonyl (C=O) groups excluding carboxylic acids is 1. The van der Waals surface area contributed by atoms with Gasteiger partial charge in [0.05, 0.1) is 0 Å². The molecule has 0 saturated carbocycles. The minimum absolute atomic E-state index is 0.114. The molecule has 1 aliphatic rings. The lowest BCUT2D eigenvalue weighted by Gasteiger charge is -2.23. The lowest BCUT2D eigenvalue weighted by atomic mass is 10.1. The zero-order valence-corrected chi connectivity index (χ0v) is 10.3. The van der Waals surface area contributed by atoms with Gasteiger partial charge in [-0.3, -0.25) is 4.79 Å². The van der Waals surface area contributed by atoms with Crippen LogP contribution in [0.5, 0.6) is 0 Å². The molecule has 4 nitrogen and oxygen atoms in total. The summed E-state index contributed by atoms with van der Waals surface area (Å²) in [6, 6.07) is 4.00. The van der Waals surface area contributed by atoms with E-state index in [1.165, 1.54) is 12.8 Å². The molecule has 2 N–H and O–H groups in total. The van der Waals surface area contributed by atoms with Gasteiger partial charge in [0, 0.05) is 19.0 Å². The van der Waals surface area contributed by atoms with Crippen molar-refractivity contribution in [3.05, 3.63) is 23.7 Å². The van der Waals surface area contributed by atoms with Crippen LogP contribution in [0.25, 0.3) is 0 Å². The summed E-state index contributed by atoms with van der Waals surface area (Å²) in [5.74, 6) is 1.15. The molecule has 1 aromatic rings. The fourth-order valence-electron chi connectivity index (χ4n) is 2.09. The smallest absolute Gasteiger partial charge is 0.287 e. The third-order valence-corrected chi connectivity index (χ3v) is 3.16. The molecule has 0 bridgehead atoms. The van der Waals surface area contributed by atoms with Gasteiger partial charge in [-0.25, -0.2) is 0 Å². The summed E-state index contributed by atoms with van der Waals surface area (Å²) in [4.78, 5) is 11.8. The molecule has 1 unspecified atom stereocenters. The van der Waals surface area contributed by atoms with Crippen molar-refractivity contribution >= 4 is 5.91 Å². The van der Waals surface area contributed by atoms with E-state index in [1.807, 2.05) is 13.0 Å². The maximum absolute atomic E-state index is 11.8. The lowest BCUT2D eigenvalue weighted by molar-refractivity contribution is 0.0918. The van der Waals surface area contributed by atoms with Crippen LogP contribution < -0.4 is 10.6 Å². The molecule has 2 rings (SSSR count). The third kappa shape index (κ3) is 3.33. The Kier molecular flexibility index (Phi) is 4.20. The Morgan fingerprint density at radius 2 is 2.41 bits per heavy atom. The number of aryl methyl sites for hydroxylation is 1. The van der Waals surface area contributed by atoms with Crippen molar-refractivity contribution in [3.8, 4) is 0 Å². The predicted octanol–water partition coefficient (Wildman–Crippen LogP) is 1.71. The first-order chi connectivity index (χ1) is 8.29. The Morgan fingerprint density at radius 3 is 3.06 bits per heavy atom. The summed E-state index contributed by atoms with van der Waals surface area (Å²) in [5, 5.41) is 6.31. The molecule has 94 valence electrons. The lowest BCUT2D eigenvalue weighted by Crippen LogP contribution is -2.43. The van der Waals surface area contributed by atoms with E-state index in [1.54, 1.807) is 6.07 Å². The van der Waals surface area contributed by atoms with Gasteiger partial charge in [-0.05, 0) is 31.5 Å². The molecule has 1 atom stereocenters. The number of amides is 1. The highest BCUT2D eigenvalue weighted by Crippen LogP contribution is 2.09. The molecule has 1 aliphatic heterocycles. The standard InChI is InChI=1S/C13H20N2O2/c1-2-11-6-7-12(17-11)13(16)15-9-10-5-3-4-8-14-10/h6-7,10,14H,2-5,8-9H2,1H3,(H,15,16). The zero-order valence-electron chi connectivity index (χ0n) is 10.3. The van der Waals surface area contributed by atoms with Crippen molar-refractivity contribution in [1.29, 1.82) is 0 Å². The van der Waals surface area contributed by atoms with Crippen LogP contribution in [0.2, 0.25) is 0 Å². The van der Waals surface area contributed by atoms with Crippen molar-refractivity contribution < 1.29 is 9.21 Å². The van der Waals surface area contributed by atoms with Crippen LogP contribution in [0.4, 0.5) is 0 Å². The maximum Gasteiger partial charge on any atom is 0.287 e. The molecule has 0 spiro atoms. The monoisotopic (exact) mass is 236 g/mol. The largest absolute Gasteiger partial charge is 0.456 e. The number of piperidine rings is 1. The predicted molar refractivity (Wildman–Crippen MR) is 66.1 cm³/mol. The fraction of sp³-hybridized carbons (Fsp3) is 0.615. The van der Waals surface area contributed by atoms with Gasteiger partial charge in [0.2, 0.25) is 0 Å². The fourth-order valence-corrected chi connectivity index (χ4v) is 2.09. The molecule has 0 aromatic carbocycles. The van der Waals surface area contributed by atoms with E-state index in [-0.39, 0.29) is 5.91 Å². The van der Waals surface area contributed by atoms with E-state index in [9.17, 15) is 4.79 Å². The average Bonchev–Trinajstić information content (AvgIpc) is 2.86. The van der Waals surface area contributed by atoms with Gasteiger partial charge in [0.25, 0.3) is 5.91 Å². The molecule has 1 saturated heterocycles. The summed E-state index contributed by atoms with van der Waals surface area (Å²) in [5.41, 5.74) is 0. The van der Waals surface area contributed by atoms with E-state index in [0.717, 1.165) is 25.1 Å². The van der Waals surface area contributed by atoms with E-state index in [4.69, 9.17) is 4.42 Å². The second-order valence-electron chi connectivity index (χ2n) is 4.48. The summed E-state index contributed by atoms with van der Waals surface area (Å²) < 4.78 is 5.40. The average molecular weight is 236 g/mol. The molecule has 0 aliphatic carbocycles. The van der Waals surface area contributed by atoms with Crippen LogP contribution in [0.15, 0.2) is 16.5 Å². The Morgan fingerprint density at radius 1 is 1.53 bits per heavy atom. The van der Waals surface area contributed by atoms with Crippen molar-refractivity contribution in [2.45, 2.75) is 38.6 Å². The molecular weight excluding hydrogens is 216 g/mol. The molecule has 4 heteroatoms. The van der Waals surface area contributed by atoms with Gasteiger partial charge >= 0.3 is 0 Å². The number of rotatable bonds is 4. The number of hydrogen-bond donors (Lipinski definition) is 2. The van der Waals surface area contributed by atoms with Crippen molar-refractivity contribution in [1.82, 2.24) is 10.6 Å². The van der Waals surface area contributed by atoms with Crippen LogP contribution in [-0.4, -0.2) is 25.0 Å². The second-order valence-corrected chi connectivity index (χ2v) is 4.48. The molecule has 2 heterocycles. The quantitative estimate of drug-likeness (QED) is 0.837. The van der Waals surface area contributed by atoms with Crippen LogP contribution in [0.3, 0.4) is 0 Å². The van der Waals surface area contributed by atoms with Crippen molar-refractivity contribution in [3.63, 3.8) is 0 Å². The van der Waals surface area contributed by atoms with Crippen LogP contribution >= 0.6 is 0 Å². The van der Waals surface area contributed by atoms with Gasteiger partial charge in [-0.1, -0.05) is 13.3 Å². The molecule has 1 amide bonds. The first kappa shape index (κ1) is 12.2. The van der Waals surface area contributed by atoms with Gasteiger partial charge < -0.3 is 15.1 Å². The second kappa shape index (κ2) is 5.87. The van der Waals surface area contributed by atoms with E-state index < -0.39 is 0 Å². The number of furan rings is 1. The van der Waals surface area contributed by atoms with Crippen LogP contribution in [0, 0.1) is 0 Å². The Bertz CT molecular complexity index is 367. The van der Waals surface area contributed by atoms with Crippen LogP contribution in [0.1, 0.15) is 42.5 Å². The van der Waals surface area contributed by atoms with Crippen LogP contribution in [-0.2, 0) is 6.42 Å². The van der Waals surface area contributed by atoms with Gasteiger partial charge in [0.15, 0.2) is 5.76 Å². The van der Waals surface area contributed by atoms with Crippen molar-refractivity contribution in [2.24, 2.45) is 0 Å². The Labute approximate surface area is 102 Å². The molecule has 1 aromatic heterocycles. The first-order valence-corrected chi connectivity index (χ1v) is 6.40. The molecule has 17 heavy (non-hydrogen) atoms. The Balaban J connectivity index is 1.80. The highest BCUT2D eigenvalue weighted by molar-refractivity contribution is 5.91. The maximum atomic E-state index is 11.8. The minimum atomic E-state index is -0.114. The number of nitrogens with one attached hydrogen (secondary N) is 2. The number of hydrogen-bond acceptors (Lipinski definition) is 3. The Hall–Kier alpha value is -1.29. The summed E-state index contributed by atoms with van der Waals surface area (Å²) in [6.45, 7) is 3.74. The summed E-state index contributed by atoms with van der Waals surface area (Å²) in [7, 11) is 0. The normalized spacial score (nSPS) is 20.2. The highest BCUT2D eigenvalue weighted by Gasteiger charge is 2.15. The number of carbonyl (C=O) groups is 1.